The van der Waals surface area contributed by atoms with Crippen LogP contribution < -0.4 is 5.32 Å². The molecule has 2 saturated heterocycles. The fourth-order valence-corrected chi connectivity index (χ4v) is 4.16. The molecule has 6 atom stereocenters. The van der Waals surface area contributed by atoms with Gasteiger partial charge < -0.3 is 29.4 Å². The Kier molecular flexibility index (Phi) is 6.86. The molecule has 0 aromatic heterocycles. The van der Waals surface area contributed by atoms with Crippen molar-refractivity contribution >= 4 is 0 Å². The van der Waals surface area contributed by atoms with Crippen LogP contribution in [0.4, 0.5) is 0 Å². The third kappa shape index (κ3) is 5.23. The minimum Gasteiger partial charge on any atom is -0.387 e. The van der Waals surface area contributed by atoms with Crippen LogP contribution in [0.15, 0.2) is 73.3 Å². The molecule has 6 heteroatoms. The van der Waals surface area contributed by atoms with Crippen molar-refractivity contribution in [3.05, 3.63) is 84.4 Å². The van der Waals surface area contributed by atoms with Crippen LogP contribution in [-0.4, -0.2) is 47.6 Å². The van der Waals surface area contributed by atoms with Crippen LogP contribution in [0.25, 0.3) is 0 Å². The lowest BCUT2D eigenvalue weighted by Gasteiger charge is -2.33. The van der Waals surface area contributed by atoms with E-state index in [2.05, 4.69) is 11.9 Å². The molecule has 4 rings (SSSR count). The average molecular weight is 426 g/mol. The zero-order valence-corrected chi connectivity index (χ0v) is 18.0. The van der Waals surface area contributed by atoms with Gasteiger partial charge in [-0.2, -0.15) is 0 Å². The number of ether oxygens (including phenoxy) is 4. The van der Waals surface area contributed by atoms with Crippen molar-refractivity contribution in [2.75, 3.05) is 0 Å². The smallest absolute Gasteiger partial charge is 0.190 e. The van der Waals surface area contributed by atoms with E-state index in [4.69, 9.17) is 18.9 Å². The molecule has 2 N–H and O–H groups in total. The molecule has 0 amide bonds. The highest BCUT2D eigenvalue weighted by atomic mass is 16.8. The Morgan fingerprint density at radius 1 is 1.06 bits per heavy atom. The first kappa shape index (κ1) is 22.1. The molecular weight excluding hydrogens is 394 g/mol. The molecule has 2 aliphatic heterocycles. The average Bonchev–Trinajstić information content (AvgIpc) is 3.25. The maximum absolute atomic E-state index is 10.7. The minimum absolute atomic E-state index is 0.387. The van der Waals surface area contributed by atoms with Crippen molar-refractivity contribution in [2.24, 2.45) is 0 Å². The van der Waals surface area contributed by atoms with Crippen LogP contribution >= 0.6 is 0 Å². The van der Waals surface area contributed by atoms with Crippen molar-refractivity contribution in [1.82, 2.24) is 5.32 Å². The van der Waals surface area contributed by atoms with Gasteiger partial charge in [-0.05, 0) is 25.0 Å². The number of hydrogen-bond acceptors (Lipinski definition) is 6. The molecule has 0 spiro atoms. The lowest BCUT2D eigenvalue weighted by atomic mass is 9.98. The molecule has 0 saturated carbocycles. The van der Waals surface area contributed by atoms with Crippen LogP contribution in [0.2, 0.25) is 0 Å². The molecule has 2 fully saturated rings. The molecular formula is C25H31NO5. The van der Waals surface area contributed by atoms with Crippen LogP contribution in [-0.2, 0) is 32.1 Å². The third-order valence-corrected chi connectivity index (χ3v) is 5.66. The van der Waals surface area contributed by atoms with Crippen LogP contribution in [0.3, 0.4) is 0 Å². The van der Waals surface area contributed by atoms with Crippen molar-refractivity contribution in [3.63, 3.8) is 0 Å². The highest BCUT2D eigenvalue weighted by molar-refractivity contribution is 5.16. The standard InChI is InChI=1S/C25H31NO5/c1-4-19(27)20(26-15-17-11-7-5-8-12-17)21-22(28-16-18-13-9-6-10-14-18)23-24(29-21)31-25(2,3)30-23/h4-14,19-24,26-27H,1,15-16H2,2-3H3/t19-,20+,21+,22-,23+,24+/m0/s1. The Hall–Kier alpha value is -2.06. The van der Waals surface area contributed by atoms with Crippen LogP contribution in [0.1, 0.15) is 25.0 Å². The zero-order chi connectivity index (χ0) is 21.8. The first-order valence-electron chi connectivity index (χ1n) is 10.7. The SMILES string of the molecule is C=C[C@H](O)[C@@H](NCc1ccccc1)[C@H]1O[C@@H]2OC(C)(C)O[C@@H]2[C@H]1OCc1ccccc1. The monoisotopic (exact) mass is 425 g/mol. The quantitative estimate of drug-likeness (QED) is 0.602. The highest BCUT2D eigenvalue weighted by Gasteiger charge is 2.57. The van der Waals surface area contributed by atoms with Gasteiger partial charge in [0.2, 0.25) is 0 Å². The molecule has 0 radical (unpaired) electrons. The van der Waals surface area contributed by atoms with Gasteiger partial charge in [0, 0.05) is 6.54 Å². The summed E-state index contributed by atoms with van der Waals surface area (Å²) in [5.41, 5.74) is 2.17. The van der Waals surface area contributed by atoms with E-state index in [0.717, 1.165) is 11.1 Å². The van der Waals surface area contributed by atoms with Gasteiger partial charge in [-0.15, -0.1) is 6.58 Å². The highest BCUT2D eigenvalue weighted by Crippen LogP contribution is 2.40. The third-order valence-electron chi connectivity index (χ3n) is 5.66. The second kappa shape index (κ2) is 9.61. The fraction of sp³-hybridized carbons (Fsp3) is 0.440. The summed E-state index contributed by atoms with van der Waals surface area (Å²) in [5.74, 6) is -0.751. The maximum atomic E-state index is 10.7. The van der Waals surface area contributed by atoms with Gasteiger partial charge in [0.25, 0.3) is 0 Å². The predicted molar refractivity (Wildman–Crippen MR) is 117 cm³/mol. The summed E-state index contributed by atoms with van der Waals surface area (Å²) < 4.78 is 24.6. The minimum atomic E-state index is -0.830. The predicted octanol–water partition coefficient (Wildman–Crippen LogP) is 3.15. The molecule has 2 aliphatic rings. The normalized spacial score (nSPS) is 28.7. The van der Waals surface area contributed by atoms with Gasteiger partial charge in [0.1, 0.15) is 18.3 Å². The van der Waals surface area contributed by atoms with E-state index < -0.39 is 36.4 Å². The molecule has 0 aliphatic carbocycles. The van der Waals surface area contributed by atoms with Gasteiger partial charge in [-0.3, -0.25) is 0 Å². The first-order valence-corrected chi connectivity index (χ1v) is 10.7. The molecule has 166 valence electrons. The molecule has 0 bridgehead atoms. The Labute approximate surface area is 183 Å². The van der Waals surface area contributed by atoms with Crippen molar-refractivity contribution in [3.8, 4) is 0 Å². The number of fused-ring (bicyclic) bond motifs is 1. The summed E-state index contributed by atoms with van der Waals surface area (Å²) >= 11 is 0. The number of benzene rings is 2. The molecule has 2 heterocycles. The van der Waals surface area contributed by atoms with Crippen molar-refractivity contribution < 1.29 is 24.1 Å². The number of hydrogen-bond donors (Lipinski definition) is 2. The second-order valence-corrected chi connectivity index (χ2v) is 8.45. The maximum Gasteiger partial charge on any atom is 0.190 e. The van der Waals surface area contributed by atoms with E-state index >= 15 is 0 Å². The van der Waals surface area contributed by atoms with Gasteiger partial charge in [-0.1, -0.05) is 66.7 Å². The Morgan fingerprint density at radius 2 is 1.71 bits per heavy atom. The lowest BCUT2D eigenvalue weighted by molar-refractivity contribution is -0.224. The summed E-state index contributed by atoms with van der Waals surface area (Å²) in [4.78, 5) is 0. The Balaban J connectivity index is 1.53. The van der Waals surface area contributed by atoms with E-state index in [1.165, 1.54) is 6.08 Å². The summed E-state index contributed by atoms with van der Waals surface area (Å²) in [5, 5.41) is 14.2. The Bertz CT molecular complexity index is 844. The van der Waals surface area contributed by atoms with Crippen molar-refractivity contribution in [1.29, 1.82) is 0 Å². The van der Waals surface area contributed by atoms with Gasteiger partial charge in [-0.25, -0.2) is 0 Å². The topological polar surface area (TPSA) is 69.2 Å². The van der Waals surface area contributed by atoms with Crippen LogP contribution in [0.5, 0.6) is 0 Å². The molecule has 31 heavy (non-hydrogen) atoms. The number of aliphatic hydroxyl groups is 1. The van der Waals surface area contributed by atoms with Gasteiger partial charge in [0.05, 0.1) is 18.8 Å². The van der Waals surface area contributed by atoms with E-state index in [-0.39, 0.29) is 6.10 Å². The fourth-order valence-electron chi connectivity index (χ4n) is 4.16. The zero-order valence-electron chi connectivity index (χ0n) is 18.0. The van der Waals surface area contributed by atoms with E-state index in [1.807, 2.05) is 74.5 Å². The first-order chi connectivity index (χ1) is 15.0. The largest absolute Gasteiger partial charge is 0.387 e. The van der Waals surface area contributed by atoms with E-state index in [1.54, 1.807) is 0 Å². The number of nitrogens with one attached hydrogen (secondary N) is 1. The second-order valence-electron chi connectivity index (χ2n) is 8.45. The lowest BCUT2D eigenvalue weighted by Crippen LogP contribution is -2.53. The molecule has 2 aromatic rings. The van der Waals surface area contributed by atoms with Gasteiger partial charge in [0.15, 0.2) is 12.1 Å². The molecule has 2 aromatic carbocycles. The van der Waals surface area contributed by atoms with Crippen molar-refractivity contribution in [2.45, 2.75) is 69.5 Å². The molecule has 6 nitrogen and oxygen atoms in total. The number of aliphatic hydroxyl groups excluding tert-OH is 1. The van der Waals surface area contributed by atoms with Crippen LogP contribution in [0, 0.1) is 0 Å². The summed E-state index contributed by atoms with van der Waals surface area (Å²) in [7, 11) is 0. The van der Waals surface area contributed by atoms with E-state index in [0.29, 0.717) is 13.2 Å². The van der Waals surface area contributed by atoms with E-state index in [9.17, 15) is 5.11 Å². The number of rotatable bonds is 9. The summed E-state index contributed by atoms with van der Waals surface area (Å²) in [6, 6.07) is 19.5. The summed E-state index contributed by atoms with van der Waals surface area (Å²) in [6.07, 6.45) is -1.16. The van der Waals surface area contributed by atoms with Gasteiger partial charge >= 0.3 is 0 Å². The summed E-state index contributed by atoms with van der Waals surface area (Å²) in [6.45, 7) is 8.48. The molecule has 0 unspecified atom stereocenters. The Morgan fingerprint density at radius 3 is 2.35 bits per heavy atom.